The van der Waals surface area contributed by atoms with E-state index in [1.54, 1.807) is 0 Å². The molecule has 0 aromatic rings. The molecule has 12 heteroatoms. The third-order valence-corrected chi connectivity index (χ3v) is 12.3. The van der Waals surface area contributed by atoms with Gasteiger partial charge in [-0.3, -0.25) is 23.4 Å². The summed E-state index contributed by atoms with van der Waals surface area (Å²) in [6.45, 7) is 4.59. The van der Waals surface area contributed by atoms with Gasteiger partial charge in [0.1, 0.15) is 12.7 Å². The molecule has 0 rings (SSSR count). The van der Waals surface area contributed by atoms with Crippen molar-refractivity contribution in [3.05, 3.63) is 24.3 Å². The molecule has 2 N–H and O–H groups in total. The third kappa shape index (κ3) is 45.1. The van der Waals surface area contributed by atoms with Crippen LogP contribution in [0, 0.1) is 0 Å². The number of phosphoric acid groups is 1. The van der Waals surface area contributed by atoms with Crippen LogP contribution in [0.4, 0.5) is 0 Å². The monoisotopic (exact) mass is 929 g/mol. The van der Waals surface area contributed by atoms with Crippen molar-refractivity contribution in [2.45, 2.75) is 264 Å². The second kappa shape index (κ2) is 47.5. The van der Waals surface area contributed by atoms with Gasteiger partial charge in [0, 0.05) is 19.3 Å². The fraction of sp³-hybridized carbons (Fsp3) is 0.865. The highest BCUT2D eigenvalue weighted by Gasteiger charge is 2.28. The molecule has 0 fully saturated rings. The Hall–Kier alpha value is -2.04. The van der Waals surface area contributed by atoms with Gasteiger partial charge in [0.15, 0.2) is 6.10 Å². The molecule has 0 radical (unpaired) electrons. The van der Waals surface area contributed by atoms with Gasteiger partial charge >= 0.3 is 25.7 Å². The van der Waals surface area contributed by atoms with Crippen LogP contribution in [-0.4, -0.2) is 66.5 Å². The second-order valence-electron chi connectivity index (χ2n) is 17.7. The van der Waals surface area contributed by atoms with Gasteiger partial charge in [-0.15, -0.1) is 0 Å². The Kier molecular flexibility index (Phi) is 45.9. The van der Waals surface area contributed by atoms with Gasteiger partial charge in [0.25, 0.3) is 0 Å². The number of unbranched alkanes of at least 4 members (excludes halogenated alkanes) is 28. The Bertz CT molecular complexity index is 1180. The Morgan fingerprint density at radius 3 is 1.19 bits per heavy atom. The fourth-order valence-electron chi connectivity index (χ4n) is 7.33. The van der Waals surface area contributed by atoms with Gasteiger partial charge in [-0.2, -0.15) is 0 Å². The molecule has 0 saturated heterocycles. The summed E-state index contributed by atoms with van der Waals surface area (Å²) in [7, 11) is -4.73. The number of allylic oxidation sites excluding steroid dienone is 4. The number of aliphatic hydroxyl groups is 1. The van der Waals surface area contributed by atoms with E-state index in [0.717, 1.165) is 83.5 Å². The summed E-state index contributed by atoms with van der Waals surface area (Å²) in [6, 6.07) is 0. The Labute approximate surface area is 391 Å². The van der Waals surface area contributed by atoms with E-state index in [1.807, 2.05) is 0 Å². The van der Waals surface area contributed by atoms with Crippen molar-refractivity contribution in [2.24, 2.45) is 0 Å². The molecule has 0 saturated carbocycles. The quantitative estimate of drug-likeness (QED) is 0.0197. The minimum Gasteiger partial charge on any atom is -0.462 e. The minimum absolute atomic E-state index is 0.171. The van der Waals surface area contributed by atoms with E-state index >= 15 is 0 Å². The molecule has 11 nitrogen and oxygen atoms in total. The van der Waals surface area contributed by atoms with Gasteiger partial charge in [0.2, 0.25) is 0 Å². The molecule has 3 unspecified atom stereocenters. The van der Waals surface area contributed by atoms with Crippen molar-refractivity contribution >= 4 is 25.7 Å². The first-order valence-corrected chi connectivity index (χ1v) is 27.7. The maximum Gasteiger partial charge on any atom is 0.472 e. The van der Waals surface area contributed by atoms with Crippen LogP contribution in [0.5, 0.6) is 0 Å². The topological polar surface area (TPSA) is 155 Å². The number of carbonyl (C=O) groups is 3. The highest BCUT2D eigenvalue weighted by molar-refractivity contribution is 7.47. The lowest BCUT2D eigenvalue weighted by Gasteiger charge is -2.21. The summed E-state index contributed by atoms with van der Waals surface area (Å²) >= 11 is 0. The van der Waals surface area contributed by atoms with Crippen LogP contribution in [0.1, 0.15) is 252 Å². The average molecular weight is 929 g/mol. The van der Waals surface area contributed by atoms with Gasteiger partial charge < -0.3 is 24.2 Å². The van der Waals surface area contributed by atoms with Crippen LogP contribution >= 0.6 is 7.82 Å². The van der Waals surface area contributed by atoms with E-state index in [4.69, 9.17) is 23.3 Å². The number of ether oxygens (including phenoxy) is 3. The molecular weight excluding hydrogens is 832 g/mol. The van der Waals surface area contributed by atoms with Gasteiger partial charge in [-0.25, -0.2) is 4.57 Å². The van der Waals surface area contributed by atoms with Crippen molar-refractivity contribution in [1.82, 2.24) is 0 Å². The highest BCUT2D eigenvalue weighted by atomic mass is 31.2. The van der Waals surface area contributed by atoms with Crippen molar-refractivity contribution in [3.63, 3.8) is 0 Å². The molecule has 0 bridgehead atoms. The average Bonchev–Trinajstić information content (AvgIpc) is 3.28. The zero-order valence-electron chi connectivity index (χ0n) is 41.3. The summed E-state index contributed by atoms with van der Waals surface area (Å²) in [6.07, 6.45) is 44.3. The molecule has 0 aromatic carbocycles. The number of aliphatic hydroxyl groups excluding tert-OH is 1. The minimum atomic E-state index is -4.73. The van der Waals surface area contributed by atoms with E-state index in [2.05, 4.69) is 45.1 Å². The van der Waals surface area contributed by atoms with Crippen molar-refractivity contribution in [3.8, 4) is 0 Å². The SMILES string of the molecule is CCCCC/C=C\C/C=C\CCCCCCCC(=O)OCC(COP(=O)(O)OCC(CO)OC(=O)CCCCCCCCCCC)OC(=O)CCCCCCCCCCCCCCC. The third-order valence-electron chi connectivity index (χ3n) is 11.4. The zero-order valence-corrected chi connectivity index (χ0v) is 42.2. The lowest BCUT2D eigenvalue weighted by molar-refractivity contribution is -0.161. The maximum atomic E-state index is 12.8. The van der Waals surface area contributed by atoms with Crippen LogP contribution in [0.2, 0.25) is 0 Å². The van der Waals surface area contributed by atoms with Gasteiger partial charge in [0.05, 0.1) is 19.8 Å². The fourth-order valence-corrected chi connectivity index (χ4v) is 8.11. The normalized spacial score (nSPS) is 13.6. The maximum absolute atomic E-state index is 12.8. The molecule has 0 heterocycles. The number of hydrogen-bond donors (Lipinski definition) is 2. The molecule has 0 aliphatic carbocycles. The van der Waals surface area contributed by atoms with Crippen molar-refractivity contribution in [2.75, 3.05) is 26.4 Å². The zero-order chi connectivity index (χ0) is 47.0. The Morgan fingerprint density at radius 2 is 0.766 bits per heavy atom. The lowest BCUT2D eigenvalue weighted by atomic mass is 10.0. The van der Waals surface area contributed by atoms with E-state index in [9.17, 15) is 28.9 Å². The molecule has 3 atom stereocenters. The summed E-state index contributed by atoms with van der Waals surface area (Å²) in [4.78, 5) is 48.2. The van der Waals surface area contributed by atoms with Crippen LogP contribution in [0.3, 0.4) is 0 Å². The number of carbonyl (C=O) groups excluding carboxylic acids is 3. The molecule has 0 spiro atoms. The summed E-state index contributed by atoms with van der Waals surface area (Å²) in [5.41, 5.74) is 0. The van der Waals surface area contributed by atoms with Crippen LogP contribution < -0.4 is 0 Å². The molecule has 0 aliphatic heterocycles. The van der Waals surface area contributed by atoms with E-state index in [-0.39, 0.29) is 25.9 Å². The molecule has 0 amide bonds. The Balaban J connectivity index is 4.74. The summed E-state index contributed by atoms with van der Waals surface area (Å²) in [5.74, 6) is -1.47. The van der Waals surface area contributed by atoms with E-state index < -0.39 is 57.8 Å². The smallest absolute Gasteiger partial charge is 0.462 e. The second-order valence-corrected chi connectivity index (χ2v) is 19.2. The first-order valence-electron chi connectivity index (χ1n) is 26.2. The first-order chi connectivity index (χ1) is 31.2. The molecule has 64 heavy (non-hydrogen) atoms. The standard InChI is InChI=1S/C52H97O11P/c1-4-7-10-13-16-19-21-23-24-26-27-30-32-35-38-41-50(54)59-45-49(63-52(56)43-40-37-34-31-28-25-22-20-17-14-11-8-5-2)47-61-64(57,58)60-46-48(44-53)62-51(55)42-39-36-33-29-18-15-12-9-6-3/h16,19,23-24,48-49,53H,4-15,17-18,20-22,25-47H2,1-3H3,(H,57,58)/b19-16-,24-23-. The number of phosphoric ester groups is 1. The summed E-state index contributed by atoms with van der Waals surface area (Å²) < 4.78 is 39.3. The van der Waals surface area contributed by atoms with E-state index in [0.29, 0.717) is 19.3 Å². The van der Waals surface area contributed by atoms with Crippen LogP contribution in [-0.2, 0) is 42.2 Å². The van der Waals surface area contributed by atoms with Crippen molar-refractivity contribution in [1.29, 1.82) is 0 Å². The van der Waals surface area contributed by atoms with Crippen molar-refractivity contribution < 1.29 is 52.2 Å². The van der Waals surface area contributed by atoms with Crippen LogP contribution in [0.15, 0.2) is 24.3 Å². The summed E-state index contributed by atoms with van der Waals surface area (Å²) in [5, 5.41) is 9.74. The number of hydrogen-bond acceptors (Lipinski definition) is 10. The largest absolute Gasteiger partial charge is 0.472 e. The predicted molar refractivity (Wildman–Crippen MR) is 261 cm³/mol. The molecule has 0 aromatic heterocycles. The van der Waals surface area contributed by atoms with Gasteiger partial charge in [-0.05, 0) is 51.4 Å². The molecular formula is C52H97O11P. The lowest BCUT2D eigenvalue weighted by Crippen LogP contribution is -2.30. The number of esters is 3. The van der Waals surface area contributed by atoms with Crippen LogP contribution in [0.25, 0.3) is 0 Å². The number of rotatable bonds is 49. The van der Waals surface area contributed by atoms with Gasteiger partial charge in [-0.1, -0.05) is 206 Å². The van der Waals surface area contributed by atoms with E-state index in [1.165, 1.54) is 109 Å². The highest BCUT2D eigenvalue weighted by Crippen LogP contribution is 2.43. The first kappa shape index (κ1) is 62.0. The molecule has 376 valence electrons. The molecule has 0 aliphatic rings. The predicted octanol–water partition coefficient (Wildman–Crippen LogP) is 14.7. The Morgan fingerprint density at radius 1 is 0.438 bits per heavy atom.